The van der Waals surface area contributed by atoms with Crippen molar-refractivity contribution < 1.29 is 42.9 Å². The van der Waals surface area contributed by atoms with Crippen molar-refractivity contribution in [2.75, 3.05) is 17.4 Å². The van der Waals surface area contributed by atoms with Gasteiger partial charge in [-0.15, -0.1) is 11.6 Å². The molecule has 1 saturated heterocycles. The average molecular weight is 483 g/mol. The second-order valence-electron chi connectivity index (χ2n) is 7.03. The average Bonchev–Trinajstić information content (AvgIpc) is 2.65. The van der Waals surface area contributed by atoms with Crippen LogP contribution in [0.4, 0.5) is 0 Å². The van der Waals surface area contributed by atoms with Crippen LogP contribution in [0.3, 0.4) is 0 Å². The quantitative estimate of drug-likeness (QED) is 0.178. The molecule has 0 aliphatic carbocycles. The van der Waals surface area contributed by atoms with Gasteiger partial charge in [0.15, 0.2) is 12.2 Å². The smallest absolute Gasteiger partial charge is 0.305 e. The van der Waals surface area contributed by atoms with Crippen LogP contribution in [0, 0.1) is 0 Å². The van der Waals surface area contributed by atoms with Crippen molar-refractivity contribution in [3.05, 3.63) is 0 Å². The summed E-state index contributed by atoms with van der Waals surface area (Å²) in [5.74, 6) is -0.409. The second kappa shape index (κ2) is 14.5. The molecule has 178 valence electrons. The van der Waals surface area contributed by atoms with Crippen molar-refractivity contribution in [2.24, 2.45) is 0 Å². The predicted octanol–water partition coefficient (Wildman–Crippen LogP) is 2.60. The number of carbonyl (C=O) groups excluding carboxylic acids is 4. The standard InChI is InChI=1S/C20H31ClO9S/c1-12(22)26-17-16(8-11-31-10-7-5-6-9-21)30-20(29-15(4)25)19(28-14(3)24)18(17)27-13(2)23/h16-20H,5-11H2,1-4H3/t16-,17-,18+,19+,20+/m1/s1. The number of halogens is 1. The third-order valence-corrected chi connectivity index (χ3v) is 5.62. The number of ether oxygens (including phenoxy) is 5. The molecule has 0 spiro atoms. The van der Waals surface area contributed by atoms with Gasteiger partial charge in [-0.1, -0.05) is 6.42 Å². The molecule has 5 atom stereocenters. The van der Waals surface area contributed by atoms with E-state index in [1.807, 2.05) is 0 Å². The summed E-state index contributed by atoms with van der Waals surface area (Å²) in [6.45, 7) is 4.73. The van der Waals surface area contributed by atoms with Crippen molar-refractivity contribution >= 4 is 47.2 Å². The normalized spacial score (nSPS) is 25.4. The lowest BCUT2D eigenvalue weighted by atomic mass is 9.96. The molecule has 0 bridgehead atoms. The van der Waals surface area contributed by atoms with E-state index in [0.717, 1.165) is 31.9 Å². The first-order valence-corrected chi connectivity index (χ1v) is 11.8. The number of hydrogen-bond donors (Lipinski definition) is 0. The first-order chi connectivity index (χ1) is 14.6. The Hall–Kier alpha value is -1.52. The third-order valence-electron chi connectivity index (χ3n) is 4.25. The molecule has 11 heteroatoms. The molecule has 1 aliphatic heterocycles. The van der Waals surface area contributed by atoms with Crippen molar-refractivity contribution in [3.63, 3.8) is 0 Å². The summed E-state index contributed by atoms with van der Waals surface area (Å²) in [4.78, 5) is 46.7. The van der Waals surface area contributed by atoms with Gasteiger partial charge in [-0.3, -0.25) is 19.2 Å². The molecule has 1 aliphatic rings. The Morgan fingerprint density at radius 1 is 0.742 bits per heavy atom. The summed E-state index contributed by atoms with van der Waals surface area (Å²) in [5.41, 5.74) is 0. The van der Waals surface area contributed by atoms with Crippen LogP contribution in [0.1, 0.15) is 53.4 Å². The van der Waals surface area contributed by atoms with Crippen LogP contribution in [-0.2, 0) is 42.9 Å². The van der Waals surface area contributed by atoms with Gasteiger partial charge in [0.1, 0.15) is 6.10 Å². The molecular formula is C20H31ClO9S. The maximum atomic E-state index is 11.7. The summed E-state index contributed by atoms with van der Waals surface area (Å²) in [6, 6.07) is 0. The highest BCUT2D eigenvalue weighted by Gasteiger charge is 2.52. The predicted molar refractivity (Wildman–Crippen MR) is 114 cm³/mol. The van der Waals surface area contributed by atoms with Crippen molar-refractivity contribution in [3.8, 4) is 0 Å². The molecule has 1 heterocycles. The van der Waals surface area contributed by atoms with Gasteiger partial charge >= 0.3 is 23.9 Å². The Morgan fingerprint density at radius 3 is 1.84 bits per heavy atom. The number of hydrogen-bond acceptors (Lipinski definition) is 10. The van der Waals surface area contributed by atoms with Crippen LogP contribution in [-0.4, -0.2) is 72.0 Å². The lowest BCUT2D eigenvalue weighted by molar-refractivity contribution is -0.295. The van der Waals surface area contributed by atoms with E-state index in [4.69, 9.17) is 35.3 Å². The molecule has 1 rings (SSSR count). The summed E-state index contributed by atoms with van der Waals surface area (Å²) >= 11 is 7.37. The maximum absolute atomic E-state index is 11.7. The molecule has 1 fully saturated rings. The number of alkyl halides is 1. The zero-order valence-corrected chi connectivity index (χ0v) is 19.9. The van der Waals surface area contributed by atoms with Crippen molar-refractivity contribution in [1.29, 1.82) is 0 Å². The lowest BCUT2D eigenvalue weighted by Crippen LogP contribution is -2.62. The molecule has 0 radical (unpaired) electrons. The third kappa shape index (κ3) is 10.6. The Labute approximate surface area is 191 Å². The summed E-state index contributed by atoms with van der Waals surface area (Å²) < 4.78 is 27.0. The zero-order chi connectivity index (χ0) is 23.4. The van der Waals surface area contributed by atoms with Gasteiger partial charge in [0, 0.05) is 33.6 Å². The Morgan fingerprint density at radius 2 is 1.29 bits per heavy atom. The highest BCUT2D eigenvalue weighted by molar-refractivity contribution is 7.99. The Balaban J connectivity index is 3.00. The molecule has 0 aromatic carbocycles. The fourth-order valence-corrected chi connectivity index (χ4v) is 4.32. The largest absolute Gasteiger partial charge is 0.456 e. The zero-order valence-electron chi connectivity index (χ0n) is 18.3. The molecule has 9 nitrogen and oxygen atoms in total. The van der Waals surface area contributed by atoms with E-state index in [9.17, 15) is 19.2 Å². The molecule has 0 saturated carbocycles. The lowest BCUT2D eigenvalue weighted by Gasteiger charge is -2.43. The van der Waals surface area contributed by atoms with Gasteiger partial charge in [-0.05, 0) is 30.8 Å². The van der Waals surface area contributed by atoms with E-state index in [1.165, 1.54) is 20.8 Å². The fourth-order valence-electron chi connectivity index (χ4n) is 3.12. The van der Waals surface area contributed by atoms with Crippen LogP contribution in [0.2, 0.25) is 0 Å². The minimum absolute atomic E-state index is 0.431. The van der Waals surface area contributed by atoms with Crippen LogP contribution in [0.15, 0.2) is 0 Å². The molecular weight excluding hydrogens is 452 g/mol. The SMILES string of the molecule is CC(=O)O[C@H]1O[C@H](CCSCCCCCCl)[C@@H](OC(C)=O)[C@H](OC(C)=O)[C@@H]1OC(C)=O. The minimum atomic E-state index is -1.31. The van der Waals surface area contributed by atoms with Crippen LogP contribution in [0.25, 0.3) is 0 Å². The number of unbranched alkanes of at least 4 members (excludes halogenated alkanes) is 2. The van der Waals surface area contributed by atoms with E-state index < -0.39 is 54.6 Å². The summed E-state index contributed by atoms with van der Waals surface area (Å²) in [5, 5.41) is 0. The molecule has 31 heavy (non-hydrogen) atoms. The van der Waals surface area contributed by atoms with Gasteiger partial charge in [0.25, 0.3) is 0 Å². The van der Waals surface area contributed by atoms with Crippen molar-refractivity contribution in [2.45, 2.75) is 84.1 Å². The molecule has 0 aromatic heterocycles. The number of rotatable bonds is 12. The number of esters is 4. The summed E-state index contributed by atoms with van der Waals surface area (Å²) in [6.07, 6.45) is -2.09. The molecule has 0 amide bonds. The van der Waals surface area contributed by atoms with E-state index >= 15 is 0 Å². The first kappa shape index (κ1) is 27.5. The van der Waals surface area contributed by atoms with E-state index in [1.54, 1.807) is 11.8 Å². The topological polar surface area (TPSA) is 114 Å². The number of carbonyl (C=O) groups is 4. The molecule has 0 aromatic rings. The van der Waals surface area contributed by atoms with Gasteiger partial charge in [-0.25, -0.2) is 0 Å². The second-order valence-corrected chi connectivity index (χ2v) is 8.63. The minimum Gasteiger partial charge on any atom is -0.456 e. The van der Waals surface area contributed by atoms with Crippen LogP contribution >= 0.6 is 23.4 Å². The highest BCUT2D eigenvalue weighted by Crippen LogP contribution is 2.31. The first-order valence-electron chi connectivity index (χ1n) is 10.1. The Kier molecular flexibility index (Phi) is 12.9. The maximum Gasteiger partial charge on any atom is 0.305 e. The van der Waals surface area contributed by atoms with E-state index in [-0.39, 0.29) is 0 Å². The van der Waals surface area contributed by atoms with Crippen LogP contribution in [0.5, 0.6) is 0 Å². The van der Waals surface area contributed by atoms with Crippen LogP contribution < -0.4 is 0 Å². The molecule has 0 unspecified atom stereocenters. The summed E-state index contributed by atoms with van der Waals surface area (Å²) in [7, 11) is 0. The van der Waals surface area contributed by atoms with Gasteiger partial charge in [0.2, 0.25) is 12.4 Å². The Bertz CT molecular complexity index is 615. The van der Waals surface area contributed by atoms with E-state index in [2.05, 4.69) is 0 Å². The van der Waals surface area contributed by atoms with Crippen molar-refractivity contribution in [1.82, 2.24) is 0 Å². The van der Waals surface area contributed by atoms with Gasteiger partial charge < -0.3 is 23.7 Å². The highest BCUT2D eigenvalue weighted by atomic mass is 35.5. The fraction of sp³-hybridized carbons (Fsp3) is 0.800. The monoisotopic (exact) mass is 482 g/mol. The van der Waals surface area contributed by atoms with Gasteiger partial charge in [0.05, 0.1) is 0 Å². The van der Waals surface area contributed by atoms with Gasteiger partial charge in [-0.2, -0.15) is 11.8 Å². The number of thioether (sulfide) groups is 1. The van der Waals surface area contributed by atoms with E-state index in [0.29, 0.717) is 18.1 Å². The molecule has 0 N–H and O–H groups in total.